The van der Waals surface area contributed by atoms with Gasteiger partial charge in [-0.25, -0.2) is 8.78 Å². The Hall–Kier alpha value is -6.77. The van der Waals surface area contributed by atoms with Crippen LogP contribution in [0.1, 0.15) is 324 Å². The van der Waals surface area contributed by atoms with E-state index in [1.165, 1.54) is 32.1 Å². The van der Waals surface area contributed by atoms with E-state index in [4.69, 9.17) is 14.0 Å². The zero-order valence-electron chi connectivity index (χ0n) is 65.4. The minimum Gasteiger partial charge on any atom is -0.394 e. The normalized spacial score (nSPS) is 12.6. The summed E-state index contributed by atoms with van der Waals surface area (Å²) in [5, 5.41) is 22.3. The molecule has 0 radical (unpaired) electrons. The number of ether oxygens (including phenoxy) is 1. The van der Waals surface area contributed by atoms with Crippen molar-refractivity contribution in [3.63, 3.8) is 0 Å². The summed E-state index contributed by atoms with van der Waals surface area (Å²) >= 11 is 0. The Balaban J connectivity index is -0.000000529. The van der Waals surface area contributed by atoms with Gasteiger partial charge in [-0.15, -0.1) is 0 Å². The third kappa shape index (κ3) is 43.3. The maximum atomic E-state index is 12.3. The van der Waals surface area contributed by atoms with E-state index >= 15 is 0 Å². The van der Waals surface area contributed by atoms with E-state index in [9.17, 15) is 32.8 Å². The fourth-order valence-corrected chi connectivity index (χ4v) is 8.28. The summed E-state index contributed by atoms with van der Waals surface area (Å²) < 4.78 is 50.4. The molecule has 2 unspecified atom stereocenters. The first-order valence-corrected chi connectivity index (χ1v) is 34.6. The molecule has 1 aliphatic heterocycles. The smallest absolute Gasteiger partial charge is 0.255 e. The Labute approximate surface area is 575 Å². The van der Waals surface area contributed by atoms with Crippen molar-refractivity contribution in [1.29, 1.82) is 0 Å². The van der Waals surface area contributed by atoms with Gasteiger partial charge in [0.2, 0.25) is 0 Å². The van der Waals surface area contributed by atoms with Gasteiger partial charge in [0, 0.05) is 57.2 Å². The standard InChI is InChI=1S/C15H21NO2.C13H19NO2.C13H19NO.C12H15F2NO.C12H17NO.5C3H8/c1-11(2)13-7-3-4-8-14(13)15(17)16-12-6-5-9-18-10-12;1-9(2)11-6-4-5-7-12(11)13(16)14-10(3)8-15;1-9(2)11-7-5-6-8-12(11)13(15)14-10(3)4;1-8(2)9-5-3-4-6-10(9)12(16)15-7-11(13)14;1-4-13-12(14)11-8-6-5-7-10(11)9(2)3;5*1-3-2/h3-4,7-8,11-12H,5-6,9-10H2,1-2H3,(H,16,17);4-7,9-10,15H,8H2,1-3H3,(H,14,16);5-10H,1-4H3,(H,14,15);3-6,8,11H,7H2,1-2H3,(H,15,16);5-9H,4H2,1-3H3,(H,13,14);5*3H2,1-2H3/i;;;;1D3;;;;;. The third-order valence-electron chi connectivity index (χ3n) is 12.4. The molecule has 6 N–H and O–H groups in total. The first kappa shape index (κ1) is 87.2. The molecule has 1 heterocycles. The lowest BCUT2D eigenvalue weighted by molar-refractivity contribution is 0.0623. The van der Waals surface area contributed by atoms with Crippen LogP contribution in [0.2, 0.25) is 0 Å². The van der Waals surface area contributed by atoms with Crippen LogP contribution in [0.25, 0.3) is 0 Å². The second kappa shape index (κ2) is 58.8. The van der Waals surface area contributed by atoms with Gasteiger partial charge in [0.15, 0.2) is 0 Å². The number of amides is 5. The van der Waals surface area contributed by atoms with Gasteiger partial charge in [-0.1, -0.05) is 262 Å². The quantitative estimate of drug-likeness (QED) is 0.0537. The van der Waals surface area contributed by atoms with Gasteiger partial charge in [0.1, 0.15) is 0 Å². The van der Waals surface area contributed by atoms with Gasteiger partial charge in [-0.05, 0) is 128 Å². The van der Waals surface area contributed by atoms with E-state index in [-0.39, 0.29) is 66.7 Å². The Bertz CT molecular complexity index is 2830. The number of hydrogen-bond donors (Lipinski definition) is 6. The lowest BCUT2D eigenvalue weighted by Gasteiger charge is -2.24. The lowest BCUT2D eigenvalue weighted by atomic mass is 9.96. The molecule has 94 heavy (non-hydrogen) atoms. The second-order valence-electron chi connectivity index (χ2n) is 24.6. The van der Waals surface area contributed by atoms with Crippen LogP contribution in [0.3, 0.4) is 0 Å². The summed E-state index contributed by atoms with van der Waals surface area (Å²) in [5.74, 6) is 0.614. The molecule has 1 saturated heterocycles. The minimum absolute atomic E-state index is 0.0225. The number of aliphatic hydroxyl groups excluding tert-OH is 1. The SMILES string of the molecule is CC(C)NC(=O)c1ccccc1C(C)C.CC(C)c1ccccc1C(=O)NC1CCCOC1.CC(C)c1ccccc1C(=O)NCC(F)F.CC(CO)NC(=O)c1ccccc1C(C)C.CCC.CCC.CCC.CCC.CCC.[2H]C([2H])([2H])CNC(=O)c1ccccc1C(C)C. The van der Waals surface area contributed by atoms with Crippen molar-refractivity contribution in [1.82, 2.24) is 26.6 Å². The molecule has 5 amide bonds. The number of aliphatic hydroxyl groups is 1. The molecular formula is C80H131F2N5O7. The van der Waals surface area contributed by atoms with Crippen LogP contribution in [0.15, 0.2) is 121 Å². The number of alkyl halides is 2. The molecule has 14 heteroatoms. The first-order chi connectivity index (χ1) is 45.7. The second-order valence-corrected chi connectivity index (χ2v) is 24.6. The van der Waals surface area contributed by atoms with Crippen LogP contribution < -0.4 is 26.6 Å². The molecule has 1 aliphatic rings. The predicted octanol–water partition coefficient (Wildman–Crippen LogP) is 20.0. The van der Waals surface area contributed by atoms with Gasteiger partial charge in [-0.2, -0.15) is 0 Å². The number of carbonyl (C=O) groups excluding carboxylic acids is 5. The maximum Gasteiger partial charge on any atom is 0.255 e. The molecule has 5 aromatic carbocycles. The predicted molar refractivity (Wildman–Crippen MR) is 397 cm³/mol. The lowest BCUT2D eigenvalue weighted by Crippen LogP contribution is -2.40. The van der Waals surface area contributed by atoms with E-state index in [1.54, 1.807) is 31.2 Å². The van der Waals surface area contributed by atoms with E-state index in [1.807, 2.05) is 139 Å². The number of nitrogens with one attached hydrogen (secondary N) is 5. The number of halogens is 2. The maximum absolute atomic E-state index is 12.3. The average Bonchev–Trinajstić information content (AvgIpc) is 0.907. The average molecular weight is 1320 g/mol. The largest absolute Gasteiger partial charge is 0.394 e. The van der Waals surface area contributed by atoms with Crippen molar-refractivity contribution in [2.24, 2.45) is 0 Å². The molecule has 12 nitrogen and oxygen atoms in total. The Kier molecular flexibility index (Phi) is 54.5. The van der Waals surface area contributed by atoms with E-state index in [0.29, 0.717) is 41.1 Å². The Morgan fingerprint density at radius 1 is 0.457 bits per heavy atom. The summed E-state index contributed by atoms with van der Waals surface area (Å²) in [6.45, 7) is 45.7. The van der Waals surface area contributed by atoms with Crippen LogP contribution in [-0.4, -0.2) is 92.1 Å². The molecular weight excluding hydrogens is 1180 g/mol. The zero-order chi connectivity index (χ0) is 75.2. The van der Waals surface area contributed by atoms with Crippen molar-refractivity contribution in [2.45, 2.75) is 265 Å². The van der Waals surface area contributed by atoms with E-state index < -0.39 is 25.7 Å². The van der Waals surface area contributed by atoms with Crippen LogP contribution >= 0.6 is 0 Å². The fourth-order valence-electron chi connectivity index (χ4n) is 8.28. The molecule has 1 fully saturated rings. The summed E-state index contributed by atoms with van der Waals surface area (Å²) in [6, 6.07) is 37.6. The van der Waals surface area contributed by atoms with Crippen molar-refractivity contribution in [3.05, 3.63) is 177 Å². The van der Waals surface area contributed by atoms with Crippen molar-refractivity contribution in [2.75, 3.05) is 32.9 Å². The number of benzene rings is 5. The van der Waals surface area contributed by atoms with Crippen molar-refractivity contribution < 1.29 is 46.7 Å². The topological polar surface area (TPSA) is 175 Å². The van der Waals surface area contributed by atoms with Gasteiger partial charge in [0.05, 0.1) is 25.8 Å². The van der Waals surface area contributed by atoms with Crippen molar-refractivity contribution in [3.8, 4) is 0 Å². The molecule has 0 bridgehead atoms. The van der Waals surface area contributed by atoms with Gasteiger partial charge in [0.25, 0.3) is 36.0 Å². The molecule has 0 aromatic heterocycles. The Morgan fingerprint density at radius 2 is 0.745 bits per heavy atom. The van der Waals surface area contributed by atoms with Gasteiger partial charge < -0.3 is 36.4 Å². The molecule has 0 saturated carbocycles. The molecule has 2 atom stereocenters. The summed E-state index contributed by atoms with van der Waals surface area (Å²) in [6.07, 6.45) is 5.77. The number of carbonyl (C=O) groups is 5. The zero-order valence-corrected chi connectivity index (χ0v) is 62.4. The van der Waals surface area contributed by atoms with E-state index in [2.05, 4.69) is 137 Å². The molecule has 6 rings (SSSR count). The monoisotopic (exact) mass is 1320 g/mol. The number of rotatable bonds is 17. The minimum atomic E-state index is -2.52. The molecule has 0 spiro atoms. The molecule has 532 valence electrons. The highest BCUT2D eigenvalue weighted by molar-refractivity contribution is 5.98. The van der Waals surface area contributed by atoms with Crippen LogP contribution in [-0.2, 0) is 4.74 Å². The van der Waals surface area contributed by atoms with Crippen LogP contribution in [0.4, 0.5) is 8.78 Å². The summed E-state index contributed by atoms with van der Waals surface area (Å²) in [7, 11) is 0. The van der Waals surface area contributed by atoms with Gasteiger partial charge >= 0.3 is 0 Å². The van der Waals surface area contributed by atoms with Crippen LogP contribution in [0, 0.1) is 0 Å². The van der Waals surface area contributed by atoms with Crippen molar-refractivity contribution >= 4 is 29.5 Å². The highest BCUT2D eigenvalue weighted by Crippen LogP contribution is 2.23. The van der Waals surface area contributed by atoms with Crippen LogP contribution in [0.5, 0.6) is 0 Å². The molecule has 5 aromatic rings. The first-order valence-electron chi connectivity index (χ1n) is 36.1. The highest BCUT2D eigenvalue weighted by Gasteiger charge is 2.21. The third-order valence-corrected chi connectivity index (χ3v) is 12.4. The number of hydrogen-bond acceptors (Lipinski definition) is 7. The molecule has 0 aliphatic carbocycles. The Morgan fingerprint density at radius 3 is 1.01 bits per heavy atom. The summed E-state index contributed by atoms with van der Waals surface area (Å²) in [5.41, 5.74) is 8.33. The highest BCUT2D eigenvalue weighted by atomic mass is 19.3. The fraction of sp³-hybridized carbons (Fsp3) is 0.562. The van der Waals surface area contributed by atoms with E-state index in [0.717, 1.165) is 58.4 Å². The summed E-state index contributed by atoms with van der Waals surface area (Å²) in [4.78, 5) is 59.5. The van der Waals surface area contributed by atoms with Gasteiger partial charge in [-0.3, -0.25) is 24.0 Å².